The van der Waals surface area contributed by atoms with Gasteiger partial charge in [-0.2, -0.15) is 4.98 Å². The molecule has 0 aliphatic carbocycles. The van der Waals surface area contributed by atoms with Crippen LogP contribution < -0.4 is 10.2 Å². The summed E-state index contributed by atoms with van der Waals surface area (Å²) in [5, 5.41) is 3.83. The predicted molar refractivity (Wildman–Crippen MR) is 86.5 cm³/mol. The fourth-order valence-electron chi connectivity index (χ4n) is 2.30. The van der Waals surface area contributed by atoms with E-state index in [1.54, 1.807) is 6.20 Å². The number of benzene rings is 1. The van der Waals surface area contributed by atoms with E-state index >= 15 is 0 Å². The third kappa shape index (κ3) is 3.43. The summed E-state index contributed by atoms with van der Waals surface area (Å²) >= 11 is 6.14. The fraction of sp³-hybridized carbons (Fsp3) is 0.333. The van der Waals surface area contributed by atoms with Gasteiger partial charge in [0.15, 0.2) is 0 Å². The summed E-state index contributed by atoms with van der Waals surface area (Å²) in [5.74, 6) is 1.52. The van der Waals surface area contributed by atoms with Crippen LogP contribution in [0.1, 0.15) is 0 Å². The highest BCUT2D eigenvalue weighted by Gasteiger charge is 2.15. The molecule has 2 heterocycles. The van der Waals surface area contributed by atoms with Gasteiger partial charge in [0.25, 0.3) is 0 Å². The molecule has 1 aromatic carbocycles. The summed E-state index contributed by atoms with van der Waals surface area (Å²) in [6, 6.07) is 9.53. The van der Waals surface area contributed by atoms with Crippen LogP contribution in [-0.2, 0) is 0 Å². The number of nitrogens with zero attached hydrogens (tertiary/aromatic N) is 4. The van der Waals surface area contributed by atoms with Crippen LogP contribution in [-0.4, -0.2) is 48.1 Å². The number of nitrogens with one attached hydrogen (secondary N) is 1. The summed E-state index contributed by atoms with van der Waals surface area (Å²) in [7, 11) is 2.14. The van der Waals surface area contributed by atoms with Crippen molar-refractivity contribution in [2.75, 3.05) is 43.4 Å². The normalized spacial score (nSPS) is 16.0. The second-order valence-electron chi connectivity index (χ2n) is 5.13. The SMILES string of the molecule is CN1CCN(c2ccnc(Nc3ccccc3Cl)n2)CC1. The zero-order chi connectivity index (χ0) is 14.7. The third-order valence-electron chi connectivity index (χ3n) is 3.59. The van der Waals surface area contributed by atoms with Crippen molar-refractivity contribution in [3.63, 3.8) is 0 Å². The van der Waals surface area contributed by atoms with Gasteiger partial charge in [-0.3, -0.25) is 0 Å². The van der Waals surface area contributed by atoms with Gasteiger partial charge in [-0.25, -0.2) is 4.98 Å². The van der Waals surface area contributed by atoms with Crippen molar-refractivity contribution in [3.05, 3.63) is 41.6 Å². The summed E-state index contributed by atoms with van der Waals surface area (Å²) in [4.78, 5) is 13.4. The summed E-state index contributed by atoms with van der Waals surface area (Å²) in [6.45, 7) is 4.08. The number of para-hydroxylation sites is 1. The maximum absolute atomic E-state index is 6.14. The van der Waals surface area contributed by atoms with E-state index in [2.05, 4.69) is 32.1 Å². The van der Waals surface area contributed by atoms with Gasteiger partial charge < -0.3 is 15.1 Å². The van der Waals surface area contributed by atoms with Crippen molar-refractivity contribution < 1.29 is 0 Å². The smallest absolute Gasteiger partial charge is 0.229 e. The average Bonchev–Trinajstić information content (AvgIpc) is 2.51. The molecule has 2 aromatic rings. The number of rotatable bonds is 3. The van der Waals surface area contributed by atoms with Crippen molar-refractivity contribution in [3.8, 4) is 0 Å². The van der Waals surface area contributed by atoms with Crippen LogP contribution in [0.2, 0.25) is 5.02 Å². The lowest BCUT2D eigenvalue weighted by atomic mass is 10.3. The molecule has 1 aliphatic rings. The van der Waals surface area contributed by atoms with E-state index in [1.807, 2.05) is 30.3 Å². The summed E-state index contributed by atoms with van der Waals surface area (Å²) < 4.78 is 0. The molecular formula is C15H18ClN5. The Balaban J connectivity index is 1.76. The highest BCUT2D eigenvalue weighted by molar-refractivity contribution is 6.33. The largest absolute Gasteiger partial charge is 0.354 e. The number of anilines is 3. The Morgan fingerprint density at radius 2 is 1.86 bits per heavy atom. The molecule has 3 rings (SSSR count). The second-order valence-corrected chi connectivity index (χ2v) is 5.54. The van der Waals surface area contributed by atoms with Gasteiger partial charge in [-0.05, 0) is 25.2 Å². The van der Waals surface area contributed by atoms with E-state index in [-0.39, 0.29) is 0 Å². The molecule has 0 bridgehead atoms. The quantitative estimate of drug-likeness (QED) is 0.944. The van der Waals surface area contributed by atoms with Crippen LogP contribution in [0.15, 0.2) is 36.5 Å². The van der Waals surface area contributed by atoms with Crippen LogP contribution in [0.25, 0.3) is 0 Å². The van der Waals surface area contributed by atoms with E-state index < -0.39 is 0 Å². The third-order valence-corrected chi connectivity index (χ3v) is 3.92. The Morgan fingerprint density at radius 1 is 1.10 bits per heavy atom. The molecule has 1 aromatic heterocycles. The van der Waals surface area contributed by atoms with Crippen molar-refractivity contribution in [2.24, 2.45) is 0 Å². The van der Waals surface area contributed by atoms with E-state index in [1.165, 1.54) is 0 Å². The Morgan fingerprint density at radius 3 is 2.62 bits per heavy atom. The van der Waals surface area contributed by atoms with Crippen molar-refractivity contribution in [1.82, 2.24) is 14.9 Å². The monoisotopic (exact) mass is 303 g/mol. The average molecular weight is 304 g/mol. The zero-order valence-electron chi connectivity index (χ0n) is 12.0. The summed E-state index contributed by atoms with van der Waals surface area (Å²) in [6.07, 6.45) is 1.78. The van der Waals surface area contributed by atoms with E-state index in [9.17, 15) is 0 Å². The highest BCUT2D eigenvalue weighted by atomic mass is 35.5. The van der Waals surface area contributed by atoms with Gasteiger partial charge >= 0.3 is 0 Å². The molecule has 1 N–H and O–H groups in total. The molecule has 0 unspecified atom stereocenters. The molecule has 0 radical (unpaired) electrons. The van der Waals surface area contributed by atoms with Gasteiger partial charge in [0.1, 0.15) is 5.82 Å². The number of hydrogen-bond acceptors (Lipinski definition) is 5. The first-order chi connectivity index (χ1) is 10.2. The number of likely N-dealkylation sites (N-methyl/N-ethyl adjacent to an activating group) is 1. The first-order valence-electron chi connectivity index (χ1n) is 7.00. The molecule has 0 atom stereocenters. The van der Waals surface area contributed by atoms with Crippen molar-refractivity contribution in [1.29, 1.82) is 0 Å². The lowest BCUT2D eigenvalue weighted by molar-refractivity contribution is 0.312. The topological polar surface area (TPSA) is 44.3 Å². The fourth-order valence-corrected chi connectivity index (χ4v) is 2.49. The lowest BCUT2D eigenvalue weighted by Crippen LogP contribution is -2.44. The van der Waals surface area contributed by atoms with Crippen molar-refractivity contribution in [2.45, 2.75) is 0 Å². The van der Waals surface area contributed by atoms with Crippen LogP contribution in [0.5, 0.6) is 0 Å². The molecule has 1 saturated heterocycles. The highest BCUT2D eigenvalue weighted by Crippen LogP contribution is 2.24. The van der Waals surface area contributed by atoms with E-state index in [0.29, 0.717) is 11.0 Å². The van der Waals surface area contributed by atoms with Gasteiger partial charge in [0, 0.05) is 32.4 Å². The molecule has 21 heavy (non-hydrogen) atoms. The Hall–Kier alpha value is -1.85. The Labute approximate surface area is 129 Å². The molecule has 6 heteroatoms. The van der Waals surface area contributed by atoms with Crippen molar-refractivity contribution >= 4 is 29.1 Å². The standard InChI is InChI=1S/C15H18ClN5/c1-20-8-10-21(11-9-20)14-6-7-17-15(19-14)18-13-5-3-2-4-12(13)16/h2-7H,8-11H2,1H3,(H,17,18,19). The molecule has 0 saturated carbocycles. The number of halogens is 1. The molecular weight excluding hydrogens is 286 g/mol. The molecule has 0 amide bonds. The van der Waals surface area contributed by atoms with Crippen LogP contribution in [0.3, 0.4) is 0 Å². The summed E-state index contributed by atoms with van der Waals surface area (Å²) in [5.41, 5.74) is 0.815. The second kappa shape index (κ2) is 6.28. The molecule has 0 spiro atoms. The molecule has 5 nitrogen and oxygen atoms in total. The lowest BCUT2D eigenvalue weighted by Gasteiger charge is -2.33. The molecule has 1 fully saturated rings. The first-order valence-corrected chi connectivity index (χ1v) is 7.38. The zero-order valence-corrected chi connectivity index (χ0v) is 12.7. The minimum absolute atomic E-state index is 0.569. The number of aromatic nitrogens is 2. The number of hydrogen-bond donors (Lipinski definition) is 1. The van der Waals surface area contributed by atoms with Gasteiger partial charge in [0.2, 0.25) is 5.95 Å². The maximum Gasteiger partial charge on any atom is 0.229 e. The van der Waals surface area contributed by atoms with Crippen LogP contribution in [0.4, 0.5) is 17.5 Å². The van der Waals surface area contributed by atoms with E-state index in [0.717, 1.165) is 37.7 Å². The van der Waals surface area contributed by atoms with Gasteiger partial charge in [-0.15, -0.1) is 0 Å². The number of piperazine rings is 1. The predicted octanol–water partition coefficient (Wildman–Crippen LogP) is 2.63. The maximum atomic E-state index is 6.14. The van der Waals surface area contributed by atoms with Gasteiger partial charge in [-0.1, -0.05) is 23.7 Å². The molecule has 1 aliphatic heterocycles. The molecule has 110 valence electrons. The van der Waals surface area contributed by atoms with E-state index in [4.69, 9.17) is 11.6 Å². The first kappa shape index (κ1) is 14.1. The van der Waals surface area contributed by atoms with Crippen LogP contribution in [0, 0.1) is 0 Å². The Bertz CT molecular complexity index is 611. The van der Waals surface area contributed by atoms with Gasteiger partial charge in [0.05, 0.1) is 10.7 Å². The minimum Gasteiger partial charge on any atom is -0.354 e. The van der Waals surface area contributed by atoms with Crippen LogP contribution >= 0.6 is 11.6 Å². The Kier molecular flexibility index (Phi) is 4.22. The minimum atomic E-state index is 0.569.